The van der Waals surface area contributed by atoms with Gasteiger partial charge in [-0.3, -0.25) is 0 Å². The zero-order chi connectivity index (χ0) is 38.1. The quantitative estimate of drug-likeness (QED) is 0.137. The number of aryl methyl sites for hydroxylation is 1. The van der Waals surface area contributed by atoms with E-state index in [1.165, 1.54) is 50.2 Å². The fraction of sp³-hybridized carbons (Fsp3) is 0.0741. The predicted molar refractivity (Wildman–Crippen MR) is 239 cm³/mol. The van der Waals surface area contributed by atoms with Crippen LogP contribution < -0.4 is 9.80 Å². The van der Waals surface area contributed by atoms with Gasteiger partial charge in [0.2, 0.25) is 0 Å². The largest absolute Gasteiger partial charge is 0.311 e. The lowest BCUT2D eigenvalue weighted by molar-refractivity contribution is 0.660. The second kappa shape index (κ2) is 14.7. The molecule has 9 rings (SSSR count). The molecule has 0 amide bonds. The van der Waals surface area contributed by atoms with E-state index >= 15 is 0 Å². The number of benzene rings is 8. The van der Waals surface area contributed by atoms with Crippen LogP contribution in [0, 0.1) is 6.92 Å². The molecule has 0 saturated carbocycles. The zero-order valence-corrected chi connectivity index (χ0v) is 32.1. The van der Waals surface area contributed by atoms with Gasteiger partial charge in [0, 0.05) is 39.5 Å². The number of hydrogen-bond acceptors (Lipinski definition) is 2. The molecular weight excluding hydrogens is 677 g/mol. The van der Waals surface area contributed by atoms with Crippen molar-refractivity contribution in [3.05, 3.63) is 228 Å². The molecular formula is C54H44N2. The molecule has 0 aliphatic heterocycles. The van der Waals surface area contributed by atoms with Crippen molar-refractivity contribution in [3.8, 4) is 22.3 Å². The Morgan fingerprint density at radius 1 is 0.375 bits per heavy atom. The van der Waals surface area contributed by atoms with E-state index in [4.69, 9.17) is 0 Å². The molecule has 0 spiro atoms. The normalized spacial score (nSPS) is 12.6. The molecule has 0 heterocycles. The Labute approximate surface area is 331 Å². The summed E-state index contributed by atoms with van der Waals surface area (Å²) in [7, 11) is 0. The van der Waals surface area contributed by atoms with Gasteiger partial charge in [-0.25, -0.2) is 0 Å². The minimum absolute atomic E-state index is 0.168. The third-order valence-electron chi connectivity index (χ3n) is 11.2. The average Bonchev–Trinajstić information content (AvgIpc) is 3.47. The number of para-hydroxylation sites is 3. The van der Waals surface area contributed by atoms with E-state index < -0.39 is 0 Å². The minimum atomic E-state index is -0.168. The van der Waals surface area contributed by atoms with Crippen LogP contribution in [0.4, 0.5) is 34.1 Å². The summed E-state index contributed by atoms with van der Waals surface area (Å²) in [5.74, 6) is 0. The number of nitrogens with zero attached hydrogens (tertiary/aromatic N) is 2. The standard InChI is InChI=1S/C54H44N2/c1-39-15-13-14-22-53(39)56(47-32-28-43(29-33-47)42-16-7-4-8-17-42)48-34-36-50-49-35-27-41(37-51(49)54(2,3)52(50)38-48)24-23-40-25-30-46(31-26-40)55(44-18-9-5-10-19-44)45-20-11-6-12-21-45/h4-38H,1-3H3/b24-23+. The van der Waals surface area contributed by atoms with Gasteiger partial charge in [0.05, 0.1) is 0 Å². The minimum Gasteiger partial charge on any atom is -0.311 e. The van der Waals surface area contributed by atoms with Crippen molar-refractivity contribution in [1.29, 1.82) is 0 Å². The van der Waals surface area contributed by atoms with Crippen LogP contribution >= 0.6 is 0 Å². The maximum Gasteiger partial charge on any atom is 0.0490 e. The second-order valence-corrected chi connectivity index (χ2v) is 15.1. The first-order valence-electron chi connectivity index (χ1n) is 19.4. The van der Waals surface area contributed by atoms with Gasteiger partial charge >= 0.3 is 0 Å². The van der Waals surface area contributed by atoms with E-state index in [1.54, 1.807) is 0 Å². The first-order chi connectivity index (χ1) is 27.4. The fourth-order valence-electron chi connectivity index (χ4n) is 8.19. The lowest BCUT2D eigenvalue weighted by Crippen LogP contribution is -2.17. The van der Waals surface area contributed by atoms with E-state index in [1.807, 2.05) is 0 Å². The molecule has 2 nitrogen and oxygen atoms in total. The van der Waals surface area contributed by atoms with E-state index in [9.17, 15) is 0 Å². The highest BCUT2D eigenvalue weighted by Gasteiger charge is 2.36. The van der Waals surface area contributed by atoms with Gasteiger partial charge in [0.15, 0.2) is 0 Å². The Hall–Kier alpha value is -6.90. The van der Waals surface area contributed by atoms with Crippen LogP contribution in [-0.2, 0) is 5.41 Å². The van der Waals surface area contributed by atoms with Crippen LogP contribution in [0.2, 0.25) is 0 Å². The Kier molecular flexibility index (Phi) is 9.17. The maximum atomic E-state index is 2.41. The monoisotopic (exact) mass is 720 g/mol. The Morgan fingerprint density at radius 2 is 0.821 bits per heavy atom. The fourth-order valence-corrected chi connectivity index (χ4v) is 8.19. The highest BCUT2D eigenvalue weighted by atomic mass is 15.1. The lowest BCUT2D eigenvalue weighted by atomic mass is 9.81. The molecule has 8 aromatic rings. The summed E-state index contributed by atoms with van der Waals surface area (Å²) >= 11 is 0. The summed E-state index contributed by atoms with van der Waals surface area (Å²) in [4.78, 5) is 4.70. The van der Waals surface area contributed by atoms with Crippen LogP contribution in [0.3, 0.4) is 0 Å². The summed E-state index contributed by atoms with van der Waals surface area (Å²) in [5, 5.41) is 0. The van der Waals surface area contributed by atoms with Crippen molar-refractivity contribution < 1.29 is 0 Å². The molecule has 0 saturated heterocycles. The lowest BCUT2D eigenvalue weighted by Gasteiger charge is -2.29. The van der Waals surface area contributed by atoms with Gasteiger partial charge in [-0.1, -0.05) is 159 Å². The molecule has 0 bridgehead atoms. The summed E-state index contributed by atoms with van der Waals surface area (Å²) < 4.78 is 0. The molecule has 0 atom stereocenters. The highest BCUT2D eigenvalue weighted by Crippen LogP contribution is 2.51. The summed E-state index contributed by atoms with van der Waals surface area (Å²) in [6.07, 6.45) is 4.46. The maximum absolute atomic E-state index is 2.41. The SMILES string of the molecule is Cc1ccccc1N(c1ccc(-c2ccccc2)cc1)c1ccc2c(c1)C(C)(C)c1cc(/C=C/c3ccc(N(c4ccccc4)c4ccccc4)cc3)ccc1-2. The highest BCUT2D eigenvalue weighted by molar-refractivity contribution is 5.88. The van der Waals surface area contributed by atoms with Crippen LogP contribution in [-0.4, -0.2) is 0 Å². The van der Waals surface area contributed by atoms with E-state index in [0.717, 1.165) is 34.0 Å². The Bertz CT molecular complexity index is 2600. The zero-order valence-electron chi connectivity index (χ0n) is 32.1. The molecule has 1 aliphatic rings. The number of fused-ring (bicyclic) bond motifs is 3. The second-order valence-electron chi connectivity index (χ2n) is 15.1. The van der Waals surface area contributed by atoms with Crippen molar-refractivity contribution in [2.45, 2.75) is 26.2 Å². The topological polar surface area (TPSA) is 6.48 Å². The van der Waals surface area contributed by atoms with Gasteiger partial charge in [-0.05, 0) is 124 Å². The molecule has 8 aromatic carbocycles. The van der Waals surface area contributed by atoms with Crippen molar-refractivity contribution >= 4 is 46.3 Å². The third kappa shape index (κ3) is 6.61. The van der Waals surface area contributed by atoms with Gasteiger partial charge in [-0.2, -0.15) is 0 Å². The van der Waals surface area contributed by atoms with E-state index in [0.29, 0.717) is 0 Å². The van der Waals surface area contributed by atoms with Gasteiger partial charge in [0.1, 0.15) is 0 Å². The first-order valence-corrected chi connectivity index (χ1v) is 19.4. The smallest absolute Gasteiger partial charge is 0.0490 e. The molecule has 1 aliphatic carbocycles. The average molecular weight is 721 g/mol. The summed E-state index contributed by atoms with van der Waals surface area (Å²) in [6.45, 7) is 6.93. The number of anilines is 6. The van der Waals surface area contributed by atoms with Crippen LogP contribution in [0.5, 0.6) is 0 Å². The van der Waals surface area contributed by atoms with E-state index in [-0.39, 0.29) is 5.41 Å². The van der Waals surface area contributed by atoms with Crippen LogP contribution in [0.1, 0.15) is 41.7 Å². The van der Waals surface area contributed by atoms with Gasteiger partial charge in [-0.15, -0.1) is 0 Å². The predicted octanol–water partition coefficient (Wildman–Crippen LogP) is 15.1. The molecule has 0 radical (unpaired) electrons. The number of hydrogen-bond donors (Lipinski definition) is 0. The molecule has 2 heteroatoms. The molecule has 270 valence electrons. The van der Waals surface area contributed by atoms with Gasteiger partial charge in [0.25, 0.3) is 0 Å². The van der Waals surface area contributed by atoms with Gasteiger partial charge < -0.3 is 9.80 Å². The molecule has 56 heavy (non-hydrogen) atoms. The Balaban J connectivity index is 1.00. The molecule has 0 fully saturated rings. The third-order valence-corrected chi connectivity index (χ3v) is 11.2. The number of rotatable bonds is 9. The molecule has 0 unspecified atom stereocenters. The van der Waals surface area contributed by atoms with Crippen molar-refractivity contribution in [2.24, 2.45) is 0 Å². The van der Waals surface area contributed by atoms with Crippen LogP contribution in [0.25, 0.3) is 34.4 Å². The first kappa shape index (κ1) is 34.8. The summed E-state index contributed by atoms with van der Waals surface area (Å²) in [6, 6.07) is 72.1. The molecule has 0 N–H and O–H groups in total. The van der Waals surface area contributed by atoms with Crippen LogP contribution in [0.15, 0.2) is 200 Å². The van der Waals surface area contributed by atoms with Crippen molar-refractivity contribution in [3.63, 3.8) is 0 Å². The summed E-state index contributed by atoms with van der Waals surface area (Å²) in [5.41, 5.74) is 18.1. The van der Waals surface area contributed by atoms with Crippen molar-refractivity contribution in [1.82, 2.24) is 0 Å². The molecule has 0 aromatic heterocycles. The van der Waals surface area contributed by atoms with E-state index in [2.05, 4.69) is 243 Å². The Morgan fingerprint density at radius 3 is 1.46 bits per heavy atom. The van der Waals surface area contributed by atoms with Crippen molar-refractivity contribution in [2.75, 3.05) is 9.80 Å².